The summed E-state index contributed by atoms with van der Waals surface area (Å²) in [4.78, 5) is 0. The highest BCUT2D eigenvalue weighted by Crippen LogP contribution is 2.44. The lowest BCUT2D eigenvalue weighted by Gasteiger charge is -2.39. The van der Waals surface area contributed by atoms with Crippen LogP contribution in [0.2, 0.25) is 0 Å². The third-order valence-electron chi connectivity index (χ3n) is 4.14. The Balaban J connectivity index is 2.06. The molecule has 86 valence electrons. The molecule has 2 atom stereocenters. The van der Waals surface area contributed by atoms with Crippen LogP contribution in [0.5, 0.6) is 0 Å². The molecule has 0 N–H and O–H groups in total. The molecule has 1 aromatic heterocycles. The number of allylic oxidation sites excluding steroid dienone is 3. The lowest BCUT2D eigenvalue weighted by Crippen LogP contribution is -2.29. The minimum absolute atomic E-state index is 0.242. The van der Waals surface area contributed by atoms with Crippen LogP contribution < -0.4 is 0 Å². The van der Waals surface area contributed by atoms with Crippen molar-refractivity contribution in [3.05, 3.63) is 48.5 Å². The minimum Gasteiger partial charge on any atom is -0.472 e. The first-order valence-electron chi connectivity index (χ1n) is 6.00. The predicted octanol–water partition coefficient (Wildman–Crippen LogP) is 4.37. The van der Waals surface area contributed by atoms with E-state index in [4.69, 9.17) is 4.42 Å². The maximum absolute atomic E-state index is 5.10. The van der Waals surface area contributed by atoms with E-state index in [-0.39, 0.29) is 5.41 Å². The van der Waals surface area contributed by atoms with Gasteiger partial charge in [-0.05, 0) is 47.8 Å². The molecule has 0 radical (unpaired) electrons. The smallest absolute Gasteiger partial charge is 0.0934 e. The Morgan fingerprint density at radius 1 is 1.56 bits per heavy atom. The summed E-state index contributed by atoms with van der Waals surface area (Å²) in [7, 11) is 0. The molecule has 0 saturated heterocycles. The molecular weight excluding hydrogens is 196 g/mol. The maximum atomic E-state index is 5.10. The molecule has 0 unspecified atom stereocenters. The van der Waals surface area contributed by atoms with Crippen LogP contribution in [0.4, 0.5) is 0 Å². The summed E-state index contributed by atoms with van der Waals surface area (Å²) >= 11 is 0. The highest BCUT2D eigenvalue weighted by atomic mass is 16.3. The van der Waals surface area contributed by atoms with Crippen molar-refractivity contribution in [3.63, 3.8) is 0 Å². The fourth-order valence-electron chi connectivity index (χ4n) is 2.43. The zero-order chi connectivity index (χ0) is 11.6. The Bertz CT molecular complexity index is 386. The molecule has 1 aromatic rings. The van der Waals surface area contributed by atoms with Gasteiger partial charge in [0.15, 0.2) is 0 Å². The average Bonchev–Trinajstić information content (AvgIpc) is 2.76. The van der Waals surface area contributed by atoms with Crippen molar-refractivity contribution >= 4 is 0 Å². The van der Waals surface area contributed by atoms with Gasteiger partial charge in [0.25, 0.3) is 0 Å². The zero-order valence-corrected chi connectivity index (χ0v) is 10.2. The van der Waals surface area contributed by atoms with Crippen molar-refractivity contribution in [2.75, 3.05) is 0 Å². The monoisotopic (exact) mass is 216 g/mol. The number of furan rings is 1. The molecule has 0 aromatic carbocycles. The quantitative estimate of drug-likeness (QED) is 0.731. The first-order valence-corrected chi connectivity index (χ1v) is 6.00. The SMILES string of the molecule is C=C1C=CC[C@@H](C)[C@@]1(C)CCc1ccoc1. The van der Waals surface area contributed by atoms with Crippen molar-refractivity contribution in [2.45, 2.75) is 33.1 Å². The van der Waals surface area contributed by atoms with Crippen molar-refractivity contribution in [1.82, 2.24) is 0 Å². The van der Waals surface area contributed by atoms with Crippen molar-refractivity contribution in [2.24, 2.45) is 11.3 Å². The molecule has 0 spiro atoms. The van der Waals surface area contributed by atoms with Gasteiger partial charge < -0.3 is 4.42 Å². The van der Waals surface area contributed by atoms with Crippen LogP contribution >= 0.6 is 0 Å². The van der Waals surface area contributed by atoms with Gasteiger partial charge in [0.2, 0.25) is 0 Å². The number of hydrogen-bond acceptors (Lipinski definition) is 1. The topological polar surface area (TPSA) is 13.1 Å². The predicted molar refractivity (Wildman–Crippen MR) is 67.2 cm³/mol. The van der Waals surface area contributed by atoms with Crippen molar-refractivity contribution in [1.29, 1.82) is 0 Å². The second-order valence-corrected chi connectivity index (χ2v) is 5.11. The van der Waals surface area contributed by atoms with Crippen LogP contribution in [0.15, 0.2) is 47.3 Å². The van der Waals surface area contributed by atoms with Crippen molar-refractivity contribution < 1.29 is 4.42 Å². The molecule has 16 heavy (non-hydrogen) atoms. The normalized spacial score (nSPS) is 29.6. The molecule has 0 bridgehead atoms. The van der Waals surface area contributed by atoms with Crippen LogP contribution in [0, 0.1) is 11.3 Å². The summed E-state index contributed by atoms with van der Waals surface area (Å²) in [5, 5.41) is 0. The summed E-state index contributed by atoms with van der Waals surface area (Å²) in [6.07, 6.45) is 11.4. The lowest BCUT2D eigenvalue weighted by molar-refractivity contribution is 0.237. The van der Waals surface area contributed by atoms with Crippen LogP contribution in [0.1, 0.15) is 32.3 Å². The molecule has 1 heteroatoms. The molecule has 1 heterocycles. The Morgan fingerprint density at radius 3 is 3.00 bits per heavy atom. The van der Waals surface area contributed by atoms with E-state index in [0.29, 0.717) is 5.92 Å². The number of aryl methyl sites for hydroxylation is 1. The van der Waals surface area contributed by atoms with E-state index >= 15 is 0 Å². The minimum atomic E-state index is 0.242. The molecule has 0 fully saturated rings. The van der Waals surface area contributed by atoms with E-state index in [1.807, 2.05) is 6.26 Å². The fourth-order valence-corrected chi connectivity index (χ4v) is 2.43. The molecular formula is C15H20O. The molecule has 1 aliphatic carbocycles. The molecule has 1 nitrogen and oxygen atoms in total. The summed E-state index contributed by atoms with van der Waals surface area (Å²) in [6, 6.07) is 2.05. The van der Waals surface area contributed by atoms with Gasteiger partial charge in [-0.15, -0.1) is 0 Å². The Hall–Kier alpha value is -1.24. The highest BCUT2D eigenvalue weighted by Gasteiger charge is 2.33. The van der Waals surface area contributed by atoms with E-state index in [0.717, 1.165) is 12.8 Å². The lowest BCUT2D eigenvalue weighted by atomic mass is 9.65. The van der Waals surface area contributed by atoms with Crippen LogP contribution in [-0.4, -0.2) is 0 Å². The summed E-state index contributed by atoms with van der Waals surface area (Å²) in [6.45, 7) is 8.87. The van der Waals surface area contributed by atoms with Gasteiger partial charge in [0.1, 0.15) is 0 Å². The van der Waals surface area contributed by atoms with E-state index in [9.17, 15) is 0 Å². The van der Waals surface area contributed by atoms with E-state index in [1.165, 1.54) is 17.6 Å². The first-order chi connectivity index (χ1) is 7.63. The molecule has 0 saturated carbocycles. The molecule has 0 aliphatic heterocycles. The van der Waals surface area contributed by atoms with E-state index in [2.05, 4.69) is 38.6 Å². The molecule has 1 aliphatic rings. The van der Waals surface area contributed by atoms with Gasteiger partial charge in [0, 0.05) is 0 Å². The fraction of sp³-hybridized carbons (Fsp3) is 0.467. The van der Waals surface area contributed by atoms with Crippen LogP contribution in [0.3, 0.4) is 0 Å². The van der Waals surface area contributed by atoms with Gasteiger partial charge in [-0.1, -0.05) is 32.6 Å². The van der Waals surface area contributed by atoms with Gasteiger partial charge in [-0.3, -0.25) is 0 Å². The van der Waals surface area contributed by atoms with E-state index in [1.54, 1.807) is 6.26 Å². The van der Waals surface area contributed by atoms with Gasteiger partial charge >= 0.3 is 0 Å². The third kappa shape index (κ3) is 1.99. The van der Waals surface area contributed by atoms with Gasteiger partial charge in [-0.25, -0.2) is 0 Å². The maximum Gasteiger partial charge on any atom is 0.0934 e. The standard InChI is InChI=1S/C15H20O/c1-12-5-4-6-13(2)15(12,3)9-7-14-8-10-16-11-14/h4-5,8,10-11,13H,1,6-7,9H2,2-3H3/t13-,15+/m1/s1. The molecule has 2 rings (SSSR count). The second-order valence-electron chi connectivity index (χ2n) is 5.11. The van der Waals surface area contributed by atoms with Crippen LogP contribution in [-0.2, 0) is 6.42 Å². The number of hydrogen-bond donors (Lipinski definition) is 0. The summed E-state index contributed by atoms with van der Waals surface area (Å²) in [5.41, 5.74) is 2.80. The first kappa shape index (κ1) is 11.3. The Kier molecular flexibility index (Phi) is 3.04. The average molecular weight is 216 g/mol. The molecule has 0 amide bonds. The summed E-state index contributed by atoms with van der Waals surface area (Å²) in [5.74, 6) is 0.678. The van der Waals surface area contributed by atoms with Gasteiger partial charge in [0.05, 0.1) is 12.5 Å². The zero-order valence-electron chi connectivity index (χ0n) is 10.2. The van der Waals surface area contributed by atoms with E-state index < -0.39 is 0 Å². The summed E-state index contributed by atoms with van der Waals surface area (Å²) < 4.78 is 5.10. The van der Waals surface area contributed by atoms with Crippen LogP contribution in [0.25, 0.3) is 0 Å². The largest absolute Gasteiger partial charge is 0.472 e. The van der Waals surface area contributed by atoms with Gasteiger partial charge in [-0.2, -0.15) is 0 Å². The Morgan fingerprint density at radius 2 is 2.38 bits per heavy atom. The third-order valence-corrected chi connectivity index (χ3v) is 4.14. The van der Waals surface area contributed by atoms with Crippen molar-refractivity contribution in [3.8, 4) is 0 Å². The highest BCUT2D eigenvalue weighted by molar-refractivity contribution is 5.28. The Labute approximate surface area is 97.9 Å². The second kappa shape index (κ2) is 4.32. The number of rotatable bonds is 3.